The molecule has 0 aliphatic carbocycles. The van der Waals surface area contributed by atoms with E-state index < -0.39 is 0 Å². The number of non-ortho nitro benzene ring substituents is 1. The normalized spacial score (nSPS) is 18.5. The van der Waals surface area contributed by atoms with Crippen molar-refractivity contribution in [3.05, 3.63) is 40.1 Å². The van der Waals surface area contributed by atoms with Gasteiger partial charge in [0.2, 0.25) is 5.91 Å². The number of fused-ring (bicyclic) bond motifs is 1. The first kappa shape index (κ1) is 21.5. The van der Waals surface area contributed by atoms with Crippen LogP contribution in [0.1, 0.15) is 31.9 Å². The molecular weight excluding hydrogens is 394 g/mol. The summed E-state index contributed by atoms with van der Waals surface area (Å²) in [5, 5.41) is 12.3. The highest BCUT2D eigenvalue weighted by Crippen LogP contribution is 2.34. The Morgan fingerprint density at radius 2 is 1.87 bits per heavy atom. The molecule has 1 aromatic carbocycles. The molecule has 8 nitrogen and oxygen atoms in total. The van der Waals surface area contributed by atoms with Gasteiger partial charge in [-0.3, -0.25) is 14.9 Å². The van der Waals surface area contributed by atoms with Crippen LogP contribution in [0.3, 0.4) is 0 Å². The lowest BCUT2D eigenvalue weighted by atomic mass is 9.92. The Kier molecular flexibility index (Phi) is 6.36. The number of piperidine rings is 1. The first-order valence-corrected chi connectivity index (χ1v) is 11.3. The van der Waals surface area contributed by atoms with E-state index in [-0.39, 0.29) is 16.5 Å². The minimum absolute atomic E-state index is 0.0473. The molecule has 2 aliphatic rings. The van der Waals surface area contributed by atoms with Crippen molar-refractivity contribution in [2.75, 3.05) is 50.7 Å². The molecule has 2 fully saturated rings. The largest absolute Gasteiger partial charge is 0.371 e. The molecule has 0 unspecified atom stereocenters. The van der Waals surface area contributed by atoms with E-state index in [4.69, 9.17) is 0 Å². The Morgan fingerprint density at radius 1 is 1.16 bits per heavy atom. The lowest BCUT2D eigenvalue weighted by Crippen LogP contribution is -2.49. The summed E-state index contributed by atoms with van der Waals surface area (Å²) in [5.41, 5.74) is 2.28. The lowest BCUT2D eigenvalue weighted by molar-refractivity contribution is -0.383. The van der Waals surface area contributed by atoms with E-state index in [9.17, 15) is 14.9 Å². The van der Waals surface area contributed by atoms with Gasteiger partial charge in [-0.1, -0.05) is 19.1 Å². The van der Waals surface area contributed by atoms with Crippen molar-refractivity contribution in [1.82, 2.24) is 14.8 Å². The van der Waals surface area contributed by atoms with Crippen molar-refractivity contribution in [3.8, 4) is 0 Å². The Labute approximate surface area is 183 Å². The molecule has 4 rings (SSSR count). The molecule has 0 atom stereocenters. The van der Waals surface area contributed by atoms with Crippen LogP contribution in [0.5, 0.6) is 0 Å². The van der Waals surface area contributed by atoms with Crippen LogP contribution in [-0.2, 0) is 4.79 Å². The molecule has 1 amide bonds. The second-order valence-corrected chi connectivity index (χ2v) is 8.66. The second kappa shape index (κ2) is 9.18. The molecule has 1 aromatic heterocycles. The number of aryl methyl sites for hydroxylation is 1. The molecular formula is C23H31N5O3. The third-order valence-corrected chi connectivity index (χ3v) is 6.71. The van der Waals surface area contributed by atoms with Gasteiger partial charge >= 0.3 is 0 Å². The first-order chi connectivity index (χ1) is 15.0. The molecule has 0 N–H and O–H groups in total. The maximum atomic E-state index is 12.8. The zero-order valence-electron chi connectivity index (χ0n) is 18.4. The van der Waals surface area contributed by atoms with Crippen molar-refractivity contribution in [3.63, 3.8) is 0 Å². The standard InChI is InChI=1S/C23H31N5O3/c1-3-25-11-13-27(14-12-25)22(29)16-18-7-9-26(10-8-18)21-15-17(2)24-23-19(21)5-4-6-20(23)28(30)31/h4-6,15,18H,3,7-14,16H2,1-2H3. The van der Waals surface area contributed by atoms with Crippen molar-refractivity contribution in [2.24, 2.45) is 5.92 Å². The van der Waals surface area contributed by atoms with Crippen molar-refractivity contribution >= 4 is 28.2 Å². The smallest absolute Gasteiger partial charge is 0.295 e. The van der Waals surface area contributed by atoms with Gasteiger partial charge in [0.25, 0.3) is 5.69 Å². The van der Waals surface area contributed by atoms with E-state index in [1.807, 2.05) is 24.0 Å². The second-order valence-electron chi connectivity index (χ2n) is 8.66. The molecule has 0 bridgehead atoms. The zero-order valence-corrected chi connectivity index (χ0v) is 18.4. The third-order valence-electron chi connectivity index (χ3n) is 6.71. The lowest BCUT2D eigenvalue weighted by Gasteiger charge is -2.37. The number of nitrogens with zero attached hydrogens (tertiary/aromatic N) is 5. The summed E-state index contributed by atoms with van der Waals surface area (Å²) < 4.78 is 0. The molecule has 0 saturated carbocycles. The van der Waals surface area contributed by atoms with Crippen LogP contribution in [0.25, 0.3) is 10.9 Å². The van der Waals surface area contributed by atoms with E-state index in [2.05, 4.69) is 21.7 Å². The predicted octanol–water partition coefficient (Wildman–Crippen LogP) is 3.22. The number of hydrogen-bond donors (Lipinski definition) is 0. The summed E-state index contributed by atoms with van der Waals surface area (Å²) in [5.74, 6) is 0.687. The maximum Gasteiger partial charge on any atom is 0.295 e. The fraction of sp³-hybridized carbons (Fsp3) is 0.565. The molecule has 0 spiro atoms. The van der Waals surface area contributed by atoms with E-state index in [1.54, 1.807) is 6.07 Å². The van der Waals surface area contributed by atoms with E-state index in [1.165, 1.54) is 6.07 Å². The summed E-state index contributed by atoms with van der Waals surface area (Å²) in [4.78, 5) is 35.0. The SMILES string of the molecule is CCN1CCN(C(=O)CC2CCN(c3cc(C)nc4c([N+](=O)[O-])cccc34)CC2)CC1. The number of carbonyl (C=O) groups is 1. The van der Waals surface area contributed by atoms with Crippen molar-refractivity contribution < 1.29 is 9.72 Å². The van der Waals surface area contributed by atoms with Crippen LogP contribution in [0.4, 0.5) is 11.4 Å². The zero-order chi connectivity index (χ0) is 22.0. The fourth-order valence-electron chi connectivity index (χ4n) is 4.82. The van der Waals surface area contributed by atoms with E-state index in [0.717, 1.165) is 75.4 Å². The highest BCUT2D eigenvalue weighted by molar-refractivity contribution is 5.97. The predicted molar refractivity (Wildman–Crippen MR) is 121 cm³/mol. The highest BCUT2D eigenvalue weighted by atomic mass is 16.6. The molecule has 2 saturated heterocycles. The minimum Gasteiger partial charge on any atom is -0.371 e. The molecule has 2 aromatic rings. The number of piperazine rings is 1. The highest BCUT2D eigenvalue weighted by Gasteiger charge is 2.27. The van der Waals surface area contributed by atoms with Crippen LogP contribution >= 0.6 is 0 Å². The average Bonchev–Trinajstić information content (AvgIpc) is 2.78. The molecule has 0 radical (unpaired) electrons. The van der Waals surface area contributed by atoms with Crippen molar-refractivity contribution in [1.29, 1.82) is 0 Å². The number of aromatic nitrogens is 1. The Balaban J connectivity index is 1.41. The topological polar surface area (TPSA) is 82.8 Å². The van der Waals surface area contributed by atoms with Gasteiger partial charge in [-0.2, -0.15) is 0 Å². The van der Waals surface area contributed by atoms with Crippen LogP contribution in [0, 0.1) is 23.0 Å². The fourth-order valence-corrected chi connectivity index (χ4v) is 4.82. The number of benzene rings is 1. The molecule has 31 heavy (non-hydrogen) atoms. The number of carbonyl (C=O) groups excluding carboxylic acids is 1. The number of nitro groups is 1. The van der Waals surface area contributed by atoms with Crippen LogP contribution in [-0.4, -0.2) is 71.4 Å². The van der Waals surface area contributed by atoms with Crippen LogP contribution in [0.2, 0.25) is 0 Å². The molecule has 166 valence electrons. The van der Waals surface area contributed by atoms with Gasteiger partial charge in [0.05, 0.1) is 4.92 Å². The molecule has 8 heteroatoms. The van der Waals surface area contributed by atoms with Gasteiger partial charge in [-0.15, -0.1) is 0 Å². The van der Waals surface area contributed by atoms with Gasteiger partial charge in [-0.25, -0.2) is 4.98 Å². The summed E-state index contributed by atoms with van der Waals surface area (Å²) in [7, 11) is 0. The first-order valence-electron chi connectivity index (χ1n) is 11.3. The molecule has 2 aliphatic heterocycles. The maximum absolute atomic E-state index is 12.8. The number of para-hydroxylation sites is 1. The summed E-state index contributed by atoms with van der Waals surface area (Å²) in [6, 6.07) is 7.17. The number of nitro benzene ring substituents is 1. The van der Waals surface area contributed by atoms with Gasteiger partial charge in [0, 0.05) is 68.5 Å². The monoisotopic (exact) mass is 425 g/mol. The number of hydrogen-bond acceptors (Lipinski definition) is 6. The Bertz CT molecular complexity index is 963. The number of amides is 1. The number of likely N-dealkylation sites (N-methyl/N-ethyl adjacent to an activating group) is 1. The third kappa shape index (κ3) is 4.63. The van der Waals surface area contributed by atoms with Gasteiger partial charge in [0.1, 0.15) is 0 Å². The van der Waals surface area contributed by atoms with Gasteiger partial charge in [-0.05, 0) is 38.3 Å². The number of anilines is 1. The Morgan fingerprint density at radius 3 is 2.52 bits per heavy atom. The Hall–Kier alpha value is -2.74. The number of pyridine rings is 1. The summed E-state index contributed by atoms with van der Waals surface area (Å²) in [6.07, 6.45) is 2.54. The van der Waals surface area contributed by atoms with E-state index >= 15 is 0 Å². The quantitative estimate of drug-likeness (QED) is 0.540. The van der Waals surface area contributed by atoms with Crippen LogP contribution < -0.4 is 4.90 Å². The van der Waals surface area contributed by atoms with Crippen LogP contribution in [0.15, 0.2) is 24.3 Å². The van der Waals surface area contributed by atoms with Crippen molar-refractivity contribution in [2.45, 2.75) is 33.1 Å². The summed E-state index contributed by atoms with van der Waals surface area (Å²) in [6.45, 7) is 10.4. The van der Waals surface area contributed by atoms with Gasteiger partial charge in [0.15, 0.2) is 5.52 Å². The minimum atomic E-state index is -0.364. The van der Waals surface area contributed by atoms with E-state index in [0.29, 0.717) is 17.9 Å². The molecule has 3 heterocycles. The summed E-state index contributed by atoms with van der Waals surface area (Å²) >= 11 is 0. The van der Waals surface area contributed by atoms with Gasteiger partial charge < -0.3 is 14.7 Å². The average molecular weight is 426 g/mol. The number of rotatable bonds is 5.